The molecule has 5 rings (SSSR count). The van der Waals surface area contributed by atoms with Crippen LogP contribution in [0, 0.1) is 5.41 Å². The summed E-state index contributed by atoms with van der Waals surface area (Å²) in [5, 5.41) is 0. The van der Waals surface area contributed by atoms with Crippen LogP contribution in [0.5, 0.6) is 0 Å². The van der Waals surface area contributed by atoms with Crippen LogP contribution in [-0.4, -0.2) is 3.21 Å². The van der Waals surface area contributed by atoms with Gasteiger partial charge in [-0.2, -0.15) is 0 Å². The Labute approximate surface area is 183 Å². The summed E-state index contributed by atoms with van der Waals surface area (Å²) in [6, 6.07) is 16.3. The van der Waals surface area contributed by atoms with Gasteiger partial charge in [0.2, 0.25) is 0 Å². The van der Waals surface area contributed by atoms with Gasteiger partial charge in [-0.3, -0.25) is 0 Å². The number of hydrogen-bond acceptors (Lipinski definition) is 0. The predicted molar refractivity (Wildman–Crippen MR) is 123 cm³/mol. The average molecular weight is 460 g/mol. The molecule has 29 heavy (non-hydrogen) atoms. The van der Waals surface area contributed by atoms with Gasteiger partial charge in [0.05, 0.1) is 0 Å². The Morgan fingerprint density at radius 2 is 1.59 bits per heavy atom. The number of allylic oxidation sites excluding steroid dienone is 4. The van der Waals surface area contributed by atoms with E-state index in [4.69, 9.17) is 0 Å². The third-order valence-corrected chi connectivity index (χ3v) is 14.9. The first-order valence-corrected chi connectivity index (χ1v) is 15.1. The van der Waals surface area contributed by atoms with Crippen molar-refractivity contribution in [3.05, 3.63) is 74.6 Å². The quantitative estimate of drug-likeness (QED) is 0.391. The number of fused-ring (bicyclic) bond motifs is 3. The van der Waals surface area contributed by atoms with Crippen molar-refractivity contribution in [3.63, 3.8) is 0 Å². The topological polar surface area (TPSA) is 0 Å². The molecule has 0 nitrogen and oxygen atoms in total. The maximum absolute atomic E-state index is 2.64. The summed E-state index contributed by atoms with van der Waals surface area (Å²) >= 11 is -2.03. The first-order valence-electron chi connectivity index (χ1n) is 11.4. The van der Waals surface area contributed by atoms with E-state index in [0.29, 0.717) is 0 Å². The van der Waals surface area contributed by atoms with E-state index in [9.17, 15) is 0 Å². The van der Waals surface area contributed by atoms with Gasteiger partial charge in [0.25, 0.3) is 0 Å². The summed E-state index contributed by atoms with van der Waals surface area (Å²) in [5.41, 5.74) is 8.04. The molecule has 0 aliphatic heterocycles. The van der Waals surface area contributed by atoms with Gasteiger partial charge in [-0.25, -0.2) is 0 Å². The van der Waals surface area contributed by atoms with Gasteiger partial charge in [-0.1, -0.05) is 0 Å². The summed E-state index contributed by atoms with van der Waals surface area (Å²) in [4.78, 5) is 0. The van der Waals surface area contributed by atoms with Gasteiger partial charge in [0.15, 0.2) is 0 Å². The number of hydrogen-bond donors (Lipinski definition) is 0. The van der Waals surface area contributed by atoms with Crippen molar-refractivity contribution in [1.29, 1.82) is 0 Å². The fourth-order valence-corrected chi connectivity index (χ4v) is 13.9. The second kappa shape index (κ2) is 7.74. The van der Waals surface area contributed by atoms with Crippen molar-refractivity contribution in [2.24, 2.45) is 5.41 Å². The monoisotopic (exact) mass is 458 g/mol. The minimum atomic E-state index is -2.03. The van der Waals surface area contributed by atoms with Crippen molar-refractivity contribution in [1.82, 2.24) is 0 Å². The van der Waals surface area contributed by atoms with E-state index in [0.717, 1.165) is 6.42 Å². The Bertz CT molecular complexity index is 1050. The molecule has 0 atom stereocenters. The third kappa shape index (κ3) is 3.65. The van der Waals surface area contributed by atoms with Crippen LogP contribution in [-0.2, 0) is 27.7 Å². The molecule has 148 valence electrons. The molecule has 0 aromatic heterocycles. The van der Waals surface area contributed by atoms with E-state index in [1.165, 1.54) is 55.2 Å². The molecule has 0 bridgehead atoms. The van der Waals surface area contributed by atoms with Crippen LogP contribution >= 0.6 is 0 Å². The van der Waals surface area contributed by atoms with Crippen molar-refractivity contribution in [2.75, 3.05) is 0 Å². The molecule has 3 aliphatic carbocycles. The maximum atomic E-state index is 2.64. The molecule has 0 N–H and O–H groups in total. The van der Waals surface area contributed by atoms with Gasteiger partial charge in [0.1, 0.15) is 0 Å². The second-order valence-electron chi connectivity index (χ2n) is 9.99. The van der Waals surface area contributed by atoms with Crippen molar-refractivity contribution >= 4 is 6.48 Å². The van der Waals surface area contributed by atoms with Crippen molar-refractivity contribution < 1.29 is 21.3 Å². The van der Waals surface area contributed by atoms with Gasteiger partial charge in [0, 0.05) is 0 Å². The normalized spacial score (nSPS) is 18.2. The van der Waals surface area contributed by atoms with Crippen molar-refractivity contribution in [2.45, 2.75) is 65.7 Å². The predicted octanol–water partition coefficient (Wildman–Crippen LogP) is 6.90. The van der Waals surface area contributed by atoms with E-state index >= 15 is 0 Å². The summed E-state index contributed by atoms with van der Waals surface area (Å²) < 4.78 is 5.60. The van der Waals surface area contributed by atoms with Crippen LogP contribution in [0.15, 0.2) is 63.5 Å². The molecule has 2 aromatic rings. The van der Waals surface area contributed by atoms with Crippen LogP contribution in [0.2, 0.25) is 0 Å². The summed E-state index contributed by atoms with van der Waals surface area (Å²) in [5.74, 6) is 0. The van der Waals surface area contributed by atoms with E-state index in [-0.39, 0.29) is 5.41 Å². The molecule has 0 saturated heterocycles. The number of rotatable bonds is 2. The van der Waals surface area contributed by atoms with Crippen molar-refractivity contribution in [3.8, 4) is 11.1 Å². The SMILES string of the molecule is CC(C)(C)C1=CC[C]([Zr](=[C]2CCCCC2)[c]2cccc3c2Cc2ccccc2-3)=C1. The van der Waals surface area contributed by atoms with E-state index in [1.54, 1.807) is 14.4 Å². The van der Waals surface area contributed by atoms with Gasteiger partial charge in [-0.05, 0) is 0 Å². The van der Waals surface area contributed by atoms with Crippen LogP contribution in [0.25, 0.3) is 11.1 Å². The zero-order valence-corrected chi connectivity index (χ0v) is 20.6. The molecule has 2 aromatic carbocycles. The molecule has 3 aliphatic rings. The fraction of sp³-hybridized carbons (Fsp3) is 0.393. The Hall–Kier alpha value is -1.33. The Balaban J connectivity index is 1.65. The van der Waals surface area contributed by atoms with Crippen LogP contribution in [0.4, 0.5) is 0 Å². The molecule has 1 fully saturated rings. The Kier molecular flexibility index (Phi) is 5.23. The summed E-state index contributed by atoms with van der Waals surface area (Å²) in [6.07, 6.45) is 14.6. The molecule has 0 spiro atoms. The molecule has 0 amide bonds. The first kappa shape index (κ1) is 19.6. The molecular formula is C28H32Zr. The molecule has 1 heteroatoms. The van der Waals surface area contributed by atoms with Gasteiger partial charge >= 0.3 is 185 Å². The van der Waals surface area contributed by atoms with Crippen LogP contribution in [0.3, 0.4) is 0 Å². The third-order valence-electron chi connectivity index (χ3n) is 6.99. The van der Waals surface area contributed by atoms with Crippen LogP contribution < -0.4 is 3.27 Å². The Morgan fingerprint density at radius 1 is 0.828 bits per heavy atom. The summed E-state index contributed by atoms with van der Waals surface area (Å²) in [7, 11) is 0. The molecule has 1 saturated carbocycles. The average Bonchev–Trinajstić information content (AvgIpc) is 3.35. The summed E-state index contributed by atoms with van der Waals surface area (Å²) in [6.45, 7) is 7.10. The standard InChI is InChI=1S/C13H9.C9H13.C6H10.Zr/c1-3-7-12-10(5-1)9-11-6-2-4-8-13(11)12;1-9(2,3)8-6-4-5-7-8;1-2-4-6-5-3-1;/h1-5,7-8H,9H2;6-7H,4H2,1-3H3;1-5H2;. The molecule has 0 radical (unpaired) electrons. The van der Waals surface area contributed by atoms with E-state index in [1.807, 2.05) is 6.49 Å². The number of benzene rings is 2. The first-order chi connectivity index (χ1) is 14.0. The Morgan fingerprint density at radius 3 is 2.34 bits per heavy atom. The van der Waals surface area contributed by atoms with E-state index in [2.05, 4.69) is 75.4 Å². The fourth-order valence-electron chi connectivity index (χ4n) is 5.43. The van der Waals surface area contributed by atoms with E-state index < -0.39 is 21.3 Å². The molecule has 0 heterocycles. The second-order valence-corrected chi connectivity index (χ2v) is 16.5. The zero-order chi connectivity index (χ0) is 20.0. The molecule has 0 unspecified atom stereocenters. The minimum absolute atomic E-state index is 0.266. The van der Waals surface area contributed by atoms with Gasteiger partial charge in [-0.15, -0.1) is 0 Å². The van der Waals surface area contributed by atoms with Crippen LogP contribution in [0.1, 0.15) is 70.4 Å². The zero-order valence-electron chi connectivity index (χ0n) is 18.1. The van der Waals surface area contributed by atoms with Gasteiger partial charge < -0.3 is 0 Å². The molecular weight excluding hydrogens is 428 g/mol.